The smallest absolute Gasteiger partial charge is 0.471 e. The molecule has 0 heterocycles. The number of carbonyl (C=O) groups excluding carboxylic acids is 1. The fraction of sp³-hybridized carbons (Fsp3) is 0.273. The van der Waals surface area contributed by atoms with E-state index in [2.05, 4.69) is 0 Å². The van der Waals surface area contributed by atoms with Crippen LogP contribution in [0.25, 0.3) is 0 Å². The van der Waals surface area contributed by atoms with Crippen LogP contribution in [-0.2, 0) is 9.59 Å². The molecule has 104 valence electrons. The van der Waals surface area contributed by atoms with Crippen LogP contribution in [-0.4, -0.2) is 30.3 Å². The topological polar surface area (TPSA) is 75.6 Å². The van der Waals surface area contributed by atoms with Gasteiger partial charge in [-0.05, 0) is 6.07 Å². The van der Waals surface area contributed by atoms with Crippen molar-refractivity contribution in [2.24, 2.45) is 0 Å². The molecule has 1 aromatic rings. The van der Waals surface area contributed by atoms with E-state index in [0.717, 1.165) is 0 Å². The monoisotopic (exact) mass is 277 g/mol. The molecule has 0 aromatic heterocycles. The summed E-state index contributed by atoms with van der Waals surface area (Å²) in [5.41, 5.74) is -0.0740. The van der Waals surface area contributed by atoms with E-state index in [9.17, 15) is 22.8 Å². The Morgan fingerprint density at radius 3 is 2.37 bits per heavy atom. The molecule has 0 aliphatic carbocycles. The Morgan fingerprint density at radius 2 is 1.89 bits per heavy atom. The number of ether oxygens (including phenoxy) is 1. The van der Waals surface area contributed by atoms with Crippen molar-refractivity contribution in [2.45, 2.75) is 12.2 Å². The van der Waals surface area contributed by atoms with E-state index in [1.807, 2.05) is 0 Å². The number of hydrogen-bond acceptors (Lipinski definition) is 3. The number of para-hydroxylation sites is 1. The van der Waals surface area contributed by atoms with Crippen LogP contribution >= 0.6 is 0 Å². The first-order chi connectivity index (χ1) is 8.77. The Kier molecular flexibility index (Phi) is 4.36. The maximum Gasteiger partial charge on any atom is 0.471 e. The van der Waals surface area contributed by atoms with Crippen molar-refractivity contribution in [3.8, 4) is 5.75 Å². The van der Waals surface area contributed by atoms with E-state index in [1.165, 1.54) is 36.7 Å². The van der Waals surface area contributed by atoms with E-state index in [-0.39, 0.29) is 11.3 Å². The molecule has 1 atom stereocenters. The quantitative estimate of drug-likeness (QED) is 0.874. The maximum absolute atomic E-state index is 12.1. The molecule has 8 heteroatoms. The second-order valence-electron chi connectivity index (χ2n) is 3.48. The summed E-state index contributed by atoms with van der Waals surface area (Å²) >= 11 is 0. The second kappa shape index (κ2) is 5.59. The summed E-state index contributed by atoms with van der Waals surface area (Å²) in [6.45, 7) is 0. The molecule has 0 spiro atoms. The number of methoxy groups -OCH3 is 1. The van der Waals surface area contributed by atoms with Gasteiger partial charge in [0, 0.05) is 5.56 Å². The lowest BCUT2D eigenvalue weighted by Gasteiger charge is -2.18. The first-order valence-corrected chi connectivity index (χ1v) is 5.00. The van der Waals surface area contributed by atoms with Gasteiger partial charge in [-0.15, -0.1) is 0 Å². The van der Waals surface area contributed by atoms with Crippen LogP contribution in [0.15, 0.2) is 24.3 Å². The number of carbonyl (C=O) groups is 2. The predicted molar refractivity (Wildman–Crippen MR) is 57.6 cm³/mol. The average Bonchev–Trinajstić information content (AvgIpc) is 2.34. The minimum Gasteiger partial charge on any atom is -0.496 e. The zero-order valence-electron chi connectivity index (χ0n) is 9.69. The van der Waals surface area contributed by atoms with Gasteiger partial charge in [0.25, 0.3) is 0 Å². The number of rotatable bonds is 4. The number of hydrogen-bond donors (Lipinski definition) is 2. The molecule has 5 nitrogen and oxygen atoms in total. The van der Waals surface area contributed by atoms with Crippen LogP contribution < -0.4 is 10.1 Å². The predicted octanol–water partition coefficient (Wildman–Crippen LogP) is 1.50. The minimum absolute atomic E-state index is 0.0670. The number of carboxylic acid groups (broad SMARTS) is 1. The van der Waals surface area contributed by atoms with Crippen LogP contribution in [0.4, 0.5) is 13.2 Å². The molecule has 0 aliphatic heterocycles. The number of alkyl halides is 3. The van der Waals surface area contributed by atoms with Crippen molar-refractivity contribution in [3.63, 3.8) is 0 Å². The van der Waals surface area contributed by atoms with Crippen molar-refractivity contribution in [2.75, 3.05) is 7.11 Å². The molecule has 0 aliphatic rings. The van der Waals surface area contributed by atoms with Gasteiger partial charge in [0.15, 0.2) is 6.04 Å². The summed E-state index contributed by atoms with van der Waals surface area (Å²) in [5, 5.41) is 10.3. The largest absolute Gasteiger partial charge is 0.496 e. The van der Waals surface area contributed by atoms with Crippen molar-refractivity contribution in [1.29, 1.82) is 0 Å². The normalized spacial score (nSPS) is 12.6. The highest BCUT2D eigenvalue weighted by Crippen LogP contribution is 2.26. The molecule has 1 rings (SSSR count). The summed E-state index contributed by atoms with van der Waals surface area (Å²) in [5.74, 6) is -3.88. The molecular weight excluding hydrogens is 267 g/mol. The summed E-state index contributed by atoms with van der Waals surface area (Å²) in [4.78, 5) is 21.8. The van der Waals surface area contributed by atoms with Gasteiger partial charge in [0.05, 0.1) is 7.11 Å². The van der Waals surface area contributed by atoms with Gasteiger partial charge in [0.2, 0.25) is 0 Å². The van der Waals surface area contributed by atoms with E-state index in [1.54, 1.807) is 0 Å². The van der Waals surface area contributed by atoms with E-state index >= 15 is 0 Å². The van der Waals surface area contributed by atoms with Crippen molar-refractivity contribution in [3.05, 3.63) is 29.8 Å². The summed E-state index contributed by atoms with van der Waals surface area (Å²) in [7, 11) is 1.24. The highest BCUT2D eigenvalue weighted by molar-refractivity contribution is 5.88. The molecule has 0 radical (unpaired) electrons. The number of nitrogens with one attached hydrogen (secondary N) is 1. The average molecular weight is 277 g/mol. The van der Waals surface area contributed by atoms with Gasteiger partial charge in [0.1, 0.15) is 5.75 Å². The fourth-order valence-corrected chi connectivity index (χ4v) is 1.39. The highest BCUT2D eigenvalue weighted by atomic mass is 19.4. The third kappa shape index (κ3) is 3.60. The van der Waals surface area contributed by atoms with Gasteiger partial charge in [-0.2, -0.15) is 13.2 Å². The summed E-state index contributed by atoms with van der Waals surface area (Å²) < 4.78 is 41.3. The van der Waals surface area contributed by atoms with Gasteiger partial charge in [-0.3, -0.25) is 4.79 Å². The third-order valence-electron chi connectivity index (χ3n) is 2.23. The molecule has 2 N–H and O–H groups in total. The molecule has 0 fully saturated rings. The number of amides is 1. The van der Waals surface area contributed by atoms with Gasteiger partial charge in [-0.25, -0.2) is 4.79 Å². The van der Waals surface area contributed by atoms with Gasteiger partial charge in [-0.1, -0.05) is 18.2 Å². The van der Waals surface area contributed by atoms with Crippen molar-refractivity contribution < 1.29 is 32.6 Å². The summed E-state index contributed by atoms with van der Waals surface area (Å²) in [6, 6.07) is 3.74. The lowest BCUT2D eigenvalue weighted by Crippen LogP contribution is -2.42. The zero-order chi connectivity index (χ0) is 14.6. The minimum atomic E-state index is -5.16. The third-order valence-corrected chi connectivity index (χ3v) is 2.23. The van der Waals surface area contributed by atoms with Crippen molar-refractivity contribution in [1.82, 2.24) is 5.32 Å². The first-order valence-electron chi connectivity index (χ1n) is 5.00. The van der Waals surface area contributed by atoms with Crippen LogP contribution in [0.2, 0.25) is 0 Å². The van der Waals surface area contributed by atoms with E-state index in [0.29, 0.717) is 0 Å². The second-order valence-corrected chi connectivity index (χ2v) is 3.48. The molecule has 0 saturated heterocycles. The lowest BCUT2D eigenvalue weighted by molar-refractivity contribution is -0.175. The Hall–Kier alpha value is -2.25. The first kappa shape index (κ1) is 14.8. The van der Waals surface area contributed by atoms with Gasteiger partial charge < -0.3 is 15.2 Å². The Labute approximate surface area is 106 Å². The molecule has 1 unspecified atom stereocenters. The Bertz CT molecular complexity index is 487. The van der Waals surface area contributed by atoms with Gasteiger partial charge >= 0.3 is 18.1 Å². The standard InChI is InChI=1S/C11H10F3NO4/c1-19-7-5-3-2-4-6(7)8(9(16)17)15-10(18)11(12,13)14/h2-5,8H,1H3,(H,15,18)(H,16,17). The van der Waals surface area contributed by atoms with E-state index in [4.69, 9.17) is 9.84 Å². The van der Waals surface area contributed by atoms with Crippen LogP contribution in [0.1, 0.15) is 11.6 Å². The molecular formula is C11H10F3NO4. The SMILES string of the molecule is COc1ccccc1C(NC(=O)C(F)(F)F)C(=O)O. The molecule has 19 heavy (non-hydrogen) atoms. The van der Waals surface area contributed by atoms with E-state index < -0.39 is 24.1 Å². The molecule has 0 saturated carbocycles. The Balaban J connectivity index is 3.08. The lowest BCUT2D eigenvalue weighted by atomic mass is 10.1. The number of carboxylic acids is 1. The van der Waals surface area contributed by atoms with Crippen LogP contribution in [0, 0.1) is 0 Å². The fourth-order valence-electron chi connectivity index (χ4n) is 1.39. The number of benzene rings is 1. The Morgan fingerprint density at radius 1 is 1.32 bits per heavy atom. The summed E-state index contributed by atoms with van der Waals surface area (Å²) in [6.07, 6.45) is -5.16. The van der Waals surface area contributed by atoms with Crippen LogP contribution in [0.5, 0.6) is 5.75 Å². The molecule has 0 bridgehead atoms. The molecule has 1 amide bonds. The highest BCUT2D eigenvalue weighted by Gasteiger charge is 2.41. The maximum atomic E-state index is 12.1. The number of aliphatic carboxylic acids is 1. The van der Waals surface area contributed by atoms with Crippen molar-refractivity contribution >= 4 is 11.9 Å². The van der Waals surface area contributed by atoms with Crippen LogP contribution in [0.3, 0.4) is 0 Å². The zero-order valence-corrected chi connectivity index (χ0v) is 9.69. The number of halogens is 3. The molecule has 1 aromatic carbocycles.